The predicted molar refractivity (Wildman–Crippen MR) is 63.9 cm³/mol. The molecule has 0 heterocycles. The Balaban J connectivity index is 2.96. The third kappa shape index (κ3) is 3.42. The summed E-state index contributed by atoms with van der Waals surface area (Å²) in [5, 5.41) is 0. The Labute approximate surface area is 95.7 Å². The standard InChI is InChI=1S/C13H16O3/c1-4-16-13-9-11(6-5-10(2)14)7-8-12(13)15-3/h5-9H,4H2,1-3H3. The van der Waals surface area contributed by atoms with Gasteiger partial charge >= 0.3 is 0 Å². The Hall–Kier alpha value is -1.77. The summed E-state index contributed by atoms with van der Waals surface area (Å²) in [6, 6.07) is 5.55. The summed E-state index contributed by atoms with van der Waals surface area (Å²) in [4.78, 5) is 10.8. The van der Waals surface area contributed by atoms with Crippen LogP contribution in [0.1, 0.15) is 19.4 Å². The molecule has 0 unspecified atom stereocenters. The lowest BCUT2D eigenvalue weighted by molar-refractivity contribution is -0.112. The third-order valence-corrected chi connectivity index (χ3v) is 2.00. The van der Waals surface area contributed by atoms with Crippen molar-refractivity contribution in [2.45, 2.75) is 13.8 Å². The van der Waals surface area contributed by atoms with E-state index < -0.39 is 0 Å². The monoisotopic (exact) mass is 220 g/mol. The van der Waals surface area contributed by atoms with Crippen LogP contribution in [0.25, 0.3) is 6.08 Å². The maximum Gasteiger partial charge on any atom is 0.161 e. The van der Waals surface area contributed by atoms with E-state index in [0.717, 1.165) is 5.56 Å². The van der Waals surface area contributed by atoms with Gasteiger partial charge in [0.1, 0.15) is 0 Å². The van der Waals surface area contributed by atoms with E-state index in [4.69, 9.17) is 9.47 Å². The second-order valence-electron chi connectivity index (χ2n) is 3.29. The van der Waals surface area contributed by atoms with Crippen molar-refractivity contribution in [3.8, 4) is 11.5 Å². The average molecular weight is 220 g/mol. The quantitative estimate of drug-likeness (QED) is 0.716. The number of rotatable bonds is 5. The van der Waals surface area contributed by atoms with Gasteiger partial charge in [0.15, 0.2) is 17.3 Å². The molecule has 3 nitrogen and oxygen atoms in total. The first-order chi connectivity index (χ1) is 7.67. The second-order valence-corrected chi connectivity index (χ2v) is 3.29. The Morgan fingerprint density at radius 1 is 1.38 bits per heavy atom. The zero-order valence-corrected chi connectivity index (χ0v) is 9.82. The fraction of sp³-hybridized carbons (Fsp3) is 0.308. The van der Waals surface area contributed by atoms with Gasteiger partial charge in [0.25, 0.3) is 0 Å². The lowest BCUT2D eigenvalue weighted by Crippen LogP contribution is -1.95. The molecule has 1 aromatic rings. The molecule has 0 aromatic heterocycles. The Morgan fingerprint density at radius 3 is 2.69 bits per heavy atom. The number of ether oxygens (including phenoxy) is 2. The third-order valence-electron chi connectivity index (χ3n) is 2.00. The first kappa shape index (κ1) is 12.3. The molecule has 0 saturated heterocycles. The number of carbonyl (C=O) groups excluding carboxylic acids is 1. The van der Waals surface area contributed by atoms with Gasteiger partial charge in [0.05, 0.1) is 13.7 Å². The minimum atomic E-state index is 0.0220. The summed E-state index contributed by atoms with van der Waals surface area (Å²) < 4.78 is 10.6. The SMILES string of the molecule is CCOc1cc(C=CC(C)=O)ccc1OC. The van der Waals surface area contributed by atoms with Gasteiger partial charge in [-0.05, 0) is 37.6 Å². The number of hydrogen-bond acceptors (Lipinski definition) is 3. The van der Waals surface area contributed by atoms with Gasteiger partial charge in [0, 0.05) is 0 Å². The molecule has 0 aliphatic rings. The molecule has 86 valence electrons. The number of carbonyl (C=O) groups is 1. The van der Waals surface area contributed by atoms with E-state index in [-0.39, 0.29) is 5.78 Å². The normalized spacial score (nSPS) is 10.4. The number of ketones is 1. The van der Waals surface area contributed by atoms with Crippen LogP contribution in [-0.2, 0) is 4.79 Å². The van der Waals surface area contributed by atoms with Crippen molar-refractivity contribution in [1.29, 1.82) is 0 Å². The molecule has 0 fully saturated rings. The molecule has 0 aliphatic carbocycles. The molecular formula is C13H16O3. The van der Waals surface area contributed by atoms with Crippen LogP contribution in [0, 0.1) is 0 Å². The molecule has 0 aliphatic heterocycles. The summed E-state index contributed by atoms with van der Waals surface area (Å²) in [6.45, 7) is 4.01. The summed E-state index contributed by atoms with van der Waals surface area (Å²) in [6.07, 6.45) is 3.28. The Bertz CT molecular complexity index is 394. The molecule has 0 bridgehead atoms. The number of methoxy groups -OCH3 is 1. The Kier molecular flexibility index (Phi) is 4.58. The van der Waals surface area contributed by atoms with Crippen LogP contribution in [-0.4, -0.2) is 19.5 Å². The summed E-state index contributed by atoms with van der Waals surface area (Å²) in [5.74, 6) is 1.41. The van der Waals surface area contributed by atoms with Gasteiger partial charge in [-0.15, -0.1) is 0 Å². The number of hydrogen-bond donors (Lipinski definition) is 0. The Morgan fingerprint density at radius 2 is 2.12 bits per heavy atom. The molecular weight excluding hydrogens is 204 g/mol. The fourth-order valence-electron chi connectivity index (χ4n) is 1.28. The maximum absolute atomic E-state index is 10.8. The van der Waals surface area contributed by atoms with Gasteiger partial charge in [-0.3, -0.25) is 4.79 Å². The van der Waals surface area contributed by atoms with Gasteiger partial charge in [0.2, 0.25) is 0 Å². The van der Waals surface area contributed by atoms with Gasteiger partial charge in [-0.2, -0.15) is 0 Å². The minimum Gasteiger partial charge on any atom is -0.493 e. The topological polar surface area (TPSA) is 35.5 Å². The largest absolute Gasteiger partial charge is 0.493 e. The van der Waals surface area contributed by atoms with Crippen molar-refractivity contribution in [3.05, 3.63) is 29.8 Å². The van der Waals surface area contributed by atoms with E-state index in [9.17, 15) is 4.79 Å². The van der Waals surface area contributed by atoms with Gasteiger partial charge < -0.3 is 9.47 Å². The van der Waals surface area contributed by atoms with Gasteiger partial charge in [-0.25, -0.2) is 0 Å². The molecule has 0 radical (unpaired) electrons. The van der Waals surface area contributed by atoms with E-state index in [1.807, 2.05) is 25.1 Å². The average Bonchev–Trinajstić information content (AvgIpc) is 2.27. The second kappa shape index (κ2) is 5.95. The predicted octanol–water partition coefficient (Wildman–Crippen LogP) is 2.70. The summed E-state index contributed by atoms with van der Waals surface area (Å²) in [5.41, 5.74) is 0.916. The molecule has 0 atom stereocenters. The van der Waals surface area contributed by atoms with Crippen molar-refractivity contribution in [2.24, 2.45) is 0 Å². The number of allylic oxidation sites excluding steroid dienone is 1. The lowest BCUT2D eigenvalue weighted by atomic mass is 10.2. The molecule has 3 heteroatoms. The fourth-order valence-corrected chi connectivity index (χ4v) is 1.28. The van der Waals surface area contributed by atoms with E-state index in [1.165, 1.54) is 13.0 Å². The zero-order valence-electron chi connectivity index (χ0n) is 9.82. The smallest absolute Gasteiger partial charge is 0.161 e. The number of benzene rings is 1. The van der Waals surface area contributed by atoms with Crippen LogP contribution in [0.4, 0.5) is 0 Å². The minimum absolute atomic E-state index is 0.0220. The van der Waals surface area contributed by atoms with Crippen LogP contribution in [0.2, 0.25) is 0 Å². The van der Waals surface area contributed by atoms with Crippen LogP contribution >= 0.6 is 0 Å². The van der Waals surface area contributed by atoms with Crippen LogP contribution < -0.4 is 9.47 Å². The first-order valence-corrected chi connectivity index (χ1v) is 5.17. The summed E-state index contributed by atoms with van der Waals surface area (Å²) >= 11 is 0. The maximum atomic E-state index is 10.8. The molecule has 1 aromatic carbocycles. The van der Waals surface area contributed by atoms with E-state index in [2.05, 4.69) is 0 Å². The summed E-state index contributed by atoms with van der Waals surface area (Å²) in [7, 11) is 1.60. The van der Waals surface area contributed by atoms with E-state index in [0.29, 0.717) is 18.1 Å². The first-order valence-electron chi connectivity index (χ1n) is 5.17. The van der Waals surface area contributed by atoms with Gasteiger partial charge in [-0.1, -0.05) is 12.1 Å². The van der Waals surface area contributed by atoms with Crippen molar-refractivity contribution in [3.63, 3.8) is 0 Å². The van der Waals surface area contributed by atoms with E-state index >= 15 is 0 Å². The molecule has 0 spiro atoms. The van der Waals surface area contributed by atoms with Crippen LogP contribution in [0.3, 0.4) is 0 Å². The van der Waals surface area contributed by atoms with Crippen molar-refractivity contribution >= 4 is 11.9 Å². The highest BCUT2D eigenvalue weighted by Crippen LogP contribution is 2.28. The molecule has 0 saturated carbocycles. The van der Waals surface area contributed by atoms with Crippen molar-refractivity contribution in [2.75, 3.05) is 13.7 Å². The molecule has 0 N–H and O–H groups in total. The zero-order chi connectivity index (χ0) is 12.0. The molecule has 0 amide bonds. The van der Waals surface area contributed by atoms with Crippen LogP contribution in [0.15, 0.2) is 24.3 Å². The van der Waals surface area contributed by atoms with E-state index in [1.54, 1.807) is 13.2 Å². The molecule has 1 rings (SSSR count). The molecule has 16 heavy (non-hydrogen) atoms. The highest BCUT2D eigenvalue weighted by atomic mass is 16.5. The highest BCUT2D eigenvalue weighted by molar-refractivity contribution is 5.91. The van der Waals surface area contributed by atoms with Crippen molar-refractivity contribution < 1.29 is 14.3 Å². The van der Waals surface area contributed by atoms with Crippen LogP contribution in [0.5, 0.6) is 11.5 Å². The highest BCUT2D eigenvalue weighted by Gasteiger charge is 2.03. The lowest BCUT2D eigenvalue weighted by Gasteiger charge is -2.09. The van der Waals surface area contributed by atoms with Crippen molar-refractivity contribution in [1.82, 2.24) is 0 Å².